The molecule has 1 atom stereocenters. The Morgan fingerprint density at radius 3 is 2.39 bits per heavy atom. The van der Waals surface area contributed by atoms with Crippen molar-refractivity contribution in [2.45, 2.75) is 82.5 Å². The lowest BCUT2D eigenvalue weighted by Crippen LogP contribution is -2.45. The number of nitrogens with one attached hydrogen (secondary N) is 1. The fourth-order valence-corrected chi connectivity index (χ4v) is 9.04. The summed E-state index contributed by atoms with van der Waals surface area (Å²) in [6.07, 6.45) is 4.02. The second-order valence-corrected chi connectivity index (χ2v) is 15.7. The van der Waals surface area contributed by atoms with Crippen LogP contribution in [0.2, 0.25) is 0 Å². The summed E-state index contributed by atoms with van der Waals surface area (Å²) in [4.78, 5) is 58.8. The predicted octanol–water partition coefficient (Wildman–Crippen LogP) is 6.60. The molecule has 1 N–H and O–H groups in total. The van der Waals surface area contributed by atoms with E-state index in [1.807, 2.05) is 42.1 Å². The first-order chi connectivity index (χ1) is 26.8. The van der Waals surface area contributed by atoms with Crippen LogP contribution in [0, 0.1) is 12.8 Å². The number of piperidine rings is 2. The fourth-order valence-electron chi connectivity index (χ4n) is 9.04. The van der Waals surface area contributed by atoms with E-state index in [0.29, 0.717) is 23.9 Å². The topological polar surface area (TPSA) is 127 Å². The smallest absolute Gasteiger partial charge is 0.320 e. The van der Waals surface area contributed by atoms with Crippen LogP contribution in [0.15, 0.2) is 59.5 Å². The second kappa shape index (κ2) is 14.6. The van der Waals surface area contributed by atoms with E-state index in [-0.39, 0.29) is 35.7 Å². The molecule has 5 aromatic rings. The molecule has 15 heteroatoms. The maximum Gasteiger partial charge on any atom is 0.433 e. The predicted molar refractivity (Wildman–Crippen MR) is 204 cm³/mol. The van der Waals surface area contributed by atoms with E-state index in [1.165, 1.54) is 19.2 Å². The number of hydrogen-bond donors (Lipinski definition) is 1. The van der Waals surface area contributed by atoms with Gasteiger partial charge in [0, 0.05) is 44.3 Å². The Bertz CT molecular complexity index is 2400. The van der Waals surface area contributed by atoms with Gasteiger partial charge in [0.15, 0.2) is 0 Å². The molecule has 3 amide bonds. The molecular formula is C41H45F3N8O4. The molecule has 2 aliphatic heterocycles. The third kappa shape index (κ3) is 7.01. The van der Waals surface area contributed by atoms with Gasteiger partial charge in [-0.05, 0) is 118 Å². The zero-order chi connectivity index (χ0) is 39.5. The SMILES string of the molecule is Cc1cc2nn(C3CCC(CN4CCC(c5cccc6c5n(C)c(=O)n6C5CCC(=O)N(C)C5=O)CC4)CC3)cc2cc1NC(=O)c1cccc(C(F)(F)F)n1. The number of pyridine rings is 1. The third-order valence-corrected chi connectivity index (χ3v) is 12.2. The molecule has 12 nitrogen and oxygen atoms in total. The van der Waals surface area contributed by atoms with Gasteiger partial charge in [-0.3, -0.25) is 33.1 Å². The molecule has 56 heavy (non-hydrogen) atoms. The van der Waals surface area contributed by atoms with Gasteiger partial charge in [0.25, 0.3) is 11.8 Å². The van der Waals surface area contributed by atoms with Crippen LogP contribution in [0.1, 0.15) is 96.7 Å². The molecule has 8 rings (SSSR count). The summed E-state index contributed by atoms with van der Waals surface area (Å²) in [6.45, 7) is 4.80. The van der Waals surface area contributed by atoms with Gasteiger partial charge in [0.1, 0.15) is 17.4 Å². The van der Waals surface area contributed by atoms with E-state index in [2.05, 4.69) is 21.3 Å². The van der Waals surface area contributed by atoms with Gasteiger partial charge >= 0.3 is 11.9 Å². The number of amides is 3. The molecule has 0 radical (unpaired) electrons. The van der Waals surface area contributed by atoms with Crippen molar-refractivity contribution in [3.05, 3.63) is 87.7 Å². The molecule has 1 unspecified atom stereocenters. The minimum atomic E-state index is -4.64. The van der Waals surface area contributed by atoms with E-state index in [9.17, 15) is 32.3 Å². The number of para-hydroxylation sites is 1. The van der Waals surface area contributed by atoms with E-state index < -0.39 is 23.8 Å². The average molecular weight is 771 g/mol. The molecule has 3 aliphatic rings. The maximum absolute atomic E-state index is 13.5. The third-order valence-electron chi connectivity index (χ3n) is 12.2. The number of aromatic nitrogens is 5. The number of likely N-dealkylation sites (tertiary alicyclic amines) is 2. The number of carbonyl (C=O) groups is 3. The second-order valence-electron chi connectivity index (χ2n) is 15.7. The lowest BCUT2D eigenvalue weighted by molar-refractivity contribution is -0.149. The Morgan fingerprint density at radius 2 is 1.66 bits per heavy atom. The highest BCUT2D eigenvalue weighted by Gasteiger charge is 2.37. The van der Waals surface area contributed by atoms with Gasteiger partial charge in [-0.25, -0.2) is 9.78 Å². The molecule has 1 saturated carbocycles. The molecule has 2 aromatic carbocycles. The minimum Gasteiger partial charge on any atom is -0.320 e. The van der Waals surface area contributed by atoms with Crippen LogP contribution in [-0.4, -0.2) is 78.1 Å². The quantitative estimate of drug-likeness (QED) is 0.185. The van der Waals surface area contributed by atoms with E-state index in [0.717, 1.165) is 102 Å². The number of imidazole rings is 1. The zero-order valence-electron chi connectivity index (χ0n) is 31.7. The largest absolute Gasteiger partial charge is 0.433 e. The lowest BCUT2D eigenvalue weighted by Gasteiger charge is -2.37. The number of likely N-dealkylation sites (N-methyl/N-ethyl adjacent to an activating group) is 1. The number of nitrogens with zero attached hydrogens (tertiary/aromatic N) is 7. The zero-order valence-corrected chi connectivity index (χ0v) is 31.7. The molecule has 5 heterocycles. The van der Waals surface area contributed by atoms with Crippen LogP contribution in [-0.2, 0) is 22.8 Å². The highest BCUT2D eigenvalue weighted by atomic mass is 19.4. The Hall–Kier alpha value is -5.31. The van der Waals surface area contributed by atoms with Gasteiger partial charge in [-0.2, -0.15) is 18.3 Å². The van der Waals surface area contributed by atoms with Crippen LogP contribution >= 0.6 is 0 Å². The highest BCUT2D eigenvalue weighted by molar-refractivity contribution is 6.04. The van der Waals surface area contributed by atoms with Crippen molar-refractivity contribution in [3.8, 4) is 0 Å². The summed E-state index contributed by atoms with van der Waals surface area (Å²) in [5.74, 6) is -0.397. The Labute approximate surface area is 321 Å². The fraction of sp³-hybridized carbons (Fsp3) is 0.463. The molecule has 2 saturated heterocycles. The van der Waals surface area contributed by atoms with Crippen LogP contribution < -0.4 is 11.0 Å². The number of carbonyl (C=O) groups excluding carboxylic acids is 3. The van der Waals surface area contributed by atoms with E-state index >= 15 is 0 Å². The number of anilines is 1. The van der Waals surface area contributed by atoms with Crippen LogP contribution in [0.5, 0.6) is 0 Å². The molecule has 0 bridgehead atoms. The number of alkyl halides is 3. The number of fused-ring (bicyclic) bond motifs is 2. The number of benzene rings is 2. The first-order valence-electron chi connectivity index (χ1n) is 19.3. The number of aryl methyl sites for hydroxylation is 2. The minimum absolute atomic E-state index is 0.218. The van der Waals surface area contributed by atoms with Crippen molar-refractivity contribution in [1.29, 1.82) is 0 Å². The summed E-state index contributed by atoms with van der Waals surface area (Å²) >= 11 is 0. The first-order valence-corrected chi connectivity index (χ1v) is 19.3. The summed E-state index contributed by atoms with van der Waals surface area (Å²) in [6, 6.07) is 12.5. The van der Waals surface area contributed by atoms with Gasteiger partial charge in [-0.1, -0.05) is 18.2 Å². The van der Waals surface area contributed by atoms with E-state index in [4.69, 9.17) is 5.10 Å². The van der Waals surface area contributed by atoms with Crippen molar-refractivity contribution in [3.63, 3.8) is 0 Å². The van der Waals surface area contributed by atoms with Gasteiger partial charge in [0.05, 0.1) is 22.6 Å². The van der Waals surface area contributed by atoms with Crippen LogP contribution in [0.3, 0.4) is 0 Å². The highest BCUT2D eigenvalue weighted by Crippen LogP contribution is 2.38. The normalized spacial score (nSPS) is 21.7. The molecule has 3 aromatic heterocycles. The summed E-state index contributed by atoms with van der Waals surface area (Å²) in [5.41, 5.74) is 3.13. The average Bonchev–Trinajstić information content (AvgIpc) is 3.71. The van der Waals surface area contributed by atoms with Gasteiger partial charge in [-0.15, -0.1) is 0 Å². The number of halogens is 3. The number of rotatable bonds is 7. The molecule has 3 fully saturated rings. The number of imide groups is 1. The Morgan fingerprint density at radius 1 is 0.929 bits per heavy atom. The molecule has 294 valence electrons. The van der Waals surface area contributed by atoms with Crippen molar-refractivity contribution >= 4 is 45.3 Å². The van der Waals surface area contributed by atoms with Crippen molar-refractivity contribution < 1.29 is 27.6 Å². The molecular weight excluding hydrogens is 725 g/mol. The monoisotopic (exact) mass is 770 g/mol. The standard InChI is InChI=1S/C41H45F3N8O4/c1-24-20-32-27(21-31(24)46-38(54)30-7-5-9-35(45-30)41(42,43)44)23-51(47-32)28-12-10-25(11-13-28)22-50-18-16-26(17-19-50)29-6-4-8-33-37(29)49(3)40(56)52(33)34-14-15-36(53)48(2)39(34)55/h4-9,20-21,23,25-26,28,34H,10-19,22H2,1-3H3,(H,46,54). The van der Waals surface area contributed by atoms with E-state index in [1.54, 1.807) is 16.2 Å². The Balaban J connectivity index is 0.871. The summed E-state index contributed by atoms with van der Waals surface area (Å²) < 4.78 is 44.7. The first kappa shape index (κ1) is 37.6. The van der Waals surface area contributed by atoms with Crippen molar-refractivity contribution in [1.82, 2.24) is 33.7 Å². The summed E-state index contributed by atoms with van der Waals surface area (Å²) in [5, 5.41) is 8.43. The van der Waals surface area contributed by atoms with Crippen LogP contribution in [0.4, 0.5) is 18.9 Å². The van der Waals surface area contributed by atoms with Crippen LogP contribution in [0.25, 0.3) is 21.9 Å². The molecule has 0 spiro atoms. The Kier molecular flexibility index (Phi) is 9.83. The van der Waals surface area contributed by atoms with Crippen molar-refractivity contribution in [2.75, 3.05) is 32.0 Å². The van der Waals surface area contributed by atoms with Crippen molar-refractivity contribution in [2.24, 2.45) is 13.0 Å². The molecule has 1 aliphatic carbocycles. The number of hydrogen-bond acceptors (Lipinski definition) is 7. The maximum atomic E-state index is 13.5. The van der Waals surface area contributed by atoms with Gasteiger partial charge < -0.3 is 10.2 Å². The summed E-state index contributed by atoms with van der Waals surface area (Å²) in [7, 11) is 3.26. The lowest BCUT2D eigenvalue weighted by atomic mass is 9.84. The van der Waals surface area contributed by atoms with Gasteiger partial charge in [0.2, 0.25) is 5.91 Å².